The van der Waals surface area contributed by atoms with Gasteiger partial charge in [0.1, 0.15) is 0 Å². The number of carbonyl (C=O) groups is 1. The summed E-state index contributed by atoms with van der Waals surface area (Å²) < 4.78 is 0. The number of carbonyl (C=O) groups excluding carboxylic acids is 1. The van der Waals surface area contributed by atoms with E-state index in [1.807, 2.05) is 24.3 Å². The lowest BCUT2D eigenvalue weighted by atomic mass is 10.0. The topological polar surface area (TPSA) is 29.1 Å². The average Bonchev–Trinajstić information content (AvgIpc) is 2.49. The van der Waals surface area contributed by atoms with Gasteiger partial charge in [-0.2, -0.15) is 0 Å². The molecule has 0 heterocycles. The van der Waals surface area contributed by atoms with Crippen molar-refractivity contribution in [1.82, 2.24) is 0 Å². The van der Waals surface area contributed by atoms with Gasteiger partial charge in [0.05, 0.1) is 0 Å². The highest BCUT2D eigenvalue weighted by atomic mass is 16.1. The molecule has 23 heavy (non-hydrogen) atoms. The van der Waals surface area contributed by atoms with Crippen LogP contribution in [0.15, 0.2) is 48.7 Å². The molecular formula is C21H25NO. The van der Waals surface area contributed by atoms with Gasteiger partial charge in [0.2, 0.25) is 0 Å². The van der Waals surface area contributed by atoms with E-state index < -0.39 is 0 Å². The molecule has 0 atom stereocenters. The molecule has 0 fully saturated rings. The first-order valence-electron chi connectivity index (χ1n) is 8.03. The third kappa shape index (κ3) is 4.32. The molecule has 2 rings (SSSR count). The van der Waals surface area contributed by atoms with E-state index in [0.717, 1.165) is 5.69 Å². The molecule has 1 N–H and O–H groups in total. The van der Waals surface area contributed by atoms with Crippen molar-refractivity contribution in [3.8, 4) is 0 Å². The Balaban J connectivity index is 2.07. The zero-order valence-corrected chi connectivity index (χ0v) is 14.6. The van der Waals surface area contributed by atoms with Gasteiger partial charge in [-0.05, 0) is 43.4 Å². The molecule has 120 valence electrons. The number of hydrogen-bond acceptors (Lipinski definition) is 2. The molecule has 2 aromatic carbocycles. The molecule has 0 unspecified atom stereocenters. The van der Waals surface area contributed by atoms with Crippen LogP contribution in [-0.4, -0.2) is 5.78 Å². The van der Waals surface area contributed by atoms with E-state index in [2.05, 4.69) is 52.1 Å². The van der Waals surface area contributed by atoms with Gasteiger partial charge in [0, 0.05) is 23.5 Å². The fourth-order valence-corrected chi connectivity index (χ4v) is 2.74. The molecule has 2 aromatic rings. The maximum Gasteiger partial charge on any atom is 0.187 e. The average molecular weight is 307 g/mol. The maximum atomic E-state index is 12.2. The maximum absolute atomic E-state index is 12.2. The Morgan fingerprint density at radius 2 is 1.57 bits per heavy atom. The van der Waals surface area contributed by atoms with Crippen molar-refractivity contribution in [2.24, 2.45) is 0 Å². The molecule has 0 aliphatic heterocycles. The third-order valence-electron chi connectivity index (χ3n) is 4.00. The lowest BCUT2D eigenvalue weighted by Gasteiger charge is -2.10. The highest BCUT2D eigenvalue weighted by Crippen LogP contribution is 2.22. The van der Waals surface area contributed by atoms with Gasteiger partial charge >= 0.3 is 0 Å². The minimum absolute atomic E-state index is 0.00947. The summed E-state index contributed by atoms with van der Waals surface area (Å²) in [6.07, 6.45) is 3.31. The number of hydrogen-bond donors (Lipinski definition) is 1. The zero-order chi connectivity index (χ0) is 17.0. The largest absolute Gasteiger partial charge is 0.361 e. The second-order valence-electron chi connectivity index (χ2n) is 6.39. The number of aryl methyl sites for hydroxylation is 3. The second kappa shape index (κ2) is 7.28. The molecule has 0 radical (unpaired) electrons. The van der Waals surface area contributed by atoms with Gasteiger partial charge in [0.25, 0.3) is 0 Å². The molecule has 0 saturated carbocycles. The van der Waals surface area contributed by atoms with Crippen molar-refractivity contribution in [1.29, 1.82) is 0 Å². The Hall–Kier alpha value is -2.35. The van der Waals surface area contributed by atoms with E-state index in [9.17, 15) is 4.79 Å². The van der Waals surface area contributed by atoms with E-state index in [-0.39, 0.29) is 5.78 Å². The van der Waals surface area contributed by atoms with Crippen molar-refractivity contribution in [3.05, 3.63) is 76.5 Å². The first-order valence-corrected chi connectivity index (χ1v) is 8.03. The smallest absolute Gasteiger partial charge is 0.187 e. The van der Waals surface area contributed by atoms with Crippen LogP contribution >= 0.6 is 0 Å². The number of rotatable bonds is 5. The van der Waals surface area contributed by atoms with Gasteiger partial charge in [-0.25, -0.2) is 0 Å². The number of benzene rings is 2. The summed E-state index contributed by atoms with van der Waals surface area (Å²) in [5.74, 6) is 0.485. The Morgan fingerprint density at radius 3 is 2.09 bits per heavy atom. The van der Waals surface area contributed by atoms with Gasteiger partial charge in [-0.15, -0.1) is 0 Å². The predicted molar refractivity (Wildman–Crippen MR) is 98.3 cm³/mol. The third-order valence-corrected chi connectivity index (χ3v) is 4.00. The van der Waals surface area contributed by atoms with E-state index in [4.69, 9.17) is 0 Å². The minimum Gasteiger partial charge on any atom is -0.361 e. The molecule has 0 aliphatic carbocycles. The lowest BCUT2D eigenvalue weighted by molar-refractivity contribution is 0.104. The van der Waals surface area contributed by atoms with Crippen LogP contribution < -0.4 is 5.32 Å². The van der Waals surface area contributed by atoms with Crippen LogP contribution in [-0.2, 0) is 0 Å². The molecule has 2 heteroatoms. The number of anilines is 1. The molecule has 0 aromatic heterocycles. The SMILES string of the molecule is Cc1cc(C)c(N/C=C/C(=O)c2ccc(C(C)C)cc2)c(C)c1. The van der Waals surface area contributed by atoms with E-state index in [1.54, 1.807) is 12.3 Å². The van der Waals surface area contributed by atoms with Crippen LogP contribution in [0.5, 0.6) is 0 Å². The fraction of sp³-hybridized carbons (Fsp3) is 0.286. The van der Waals surface area contributed by atoms with Crippen molar-refractivity contribution in [3.63, 3.8) is 0 Å². The first kappa shape index (κ1) is 17.0. The highest BCUT2D eigenvalue weighted by Gasteiger charge is 2.05. The summed E-state index contributed by atoms with van der Waals surface area (Å²) in [7, 11) is 0. The second-order valence-corrected chi connectivity index (χ2v) is 6.39. The Labute approximate surface area is 139 Å². The van der Waals surface area contributed by atoms with Gasteiger partial charge in [-0.1, -0.05) is 55.8 Å². The summed E-state index contributed by atoms with van der Waals surface area (Å²) >= 11 is 0. The van der Waals surface area contributed by atoms with Crippen LogP contribution in [0, 0.1) is 20.8 Å². The van der Waals surface area contributed by atoms with Gasteiger partial charge in [-0.3, -0.25) is 4.79 Å². The standard InChI is InChI=1S/C21H25NO/c1-14(2)18-6-8-19(9-7-18)20(23)10-11-22-21-16(4)12-15(3)13-17(21)5/h6-14,22H,1-5H3/b11-10+. The van der Waals surface area contributed by atoms with Crippen molar-refractivity contribution < 1.29 is 4.79 Å². The molecule has 0 saturated heterocycles. The van der Waals surface area contributed by atoms with Crippen molar-refractivity contribution in [2.75, 3.05) is 5.32 Å². The molecule has 2 nitrogen and oxygen atoms in total. The lowest BCUT2D eigenvalue weighted by Crippen LogP contribution is -1.99. The number of nitrogens with one attached hydrogen (secondary N) is 1. The van der Waals surface area contributed by atoms with Crippen LogP contribution in [0.3, 0.4) is 0 Å². The molecular weight excluding hydrogens is 282 g/mol. The highest BCUT2D eigenvalue weighted by molar-refractivity contribution is 6.04. The van der Waals surface area contributed by atoms with Gasteiger partial charge < -0.3 is 5.32 Å². The quantitative estimate of drug-likeness (QED) is 0.580. The summed E-state index contributed by atoms with van der Waals surface area (Å²) in [5, 5.41) is 3.24. The number of ketones is 1. The van der Waals surface area contributed by atoms with E-state index >= 15 is 0 Å². The van der Waals surface area contributed by atoms with Crippen LogP contribution in [0.4, 0.5) is 5.69 Å². The monoisotopic (exact) mass is 307 g/mol. The van der Waals surface area contributed by atoms with Crippen LogP contribution in [0.2, 0.25) is 0 Å². The summed E-state index contributed by atoms with van der Waals surface area (Å²) in [5.41, 5.74) is 6.63. The first-order chi connectivity index (χ1) is 10.9. The summed E-state index contributed by atoms with van der Waals surface area (Å²) in [6.45, 7) is 10.5. The van der Waals surface area contributed by atoms with Crippen LogP contribution in [0.25, 0.3) is 0 Å². The van der Waals surface area contributed by atoms with Crippen molar-refractivity contribution in [2.45, 2.75) is 40.5 Å². The molecule has 0 amide bonds. The van der Waals surface area contributed by atoms with E-state index in [1.165, 1.54) is 22.3 Å². The van der Waals surface area contributed by atoms with Crippen LogP contribution in [0.1, 0.15) is 52.4 Å². The van der Waals surface area contributed by atoms with E-state index in [0.29, 0.717) is 11.5 Å². The fourth-order valence-electron chi connectivity index (χ4n) is 2.74. The molecule has 0 spiro atoms. The Kier molecular flexibility index (Phi) is 5.38. The van der Waals surface area contributed by atoms with Gasteiger partial charge in [0.15, 0.2) is 5.78 Å². The normalized spacial score (nSPS) is 11.2. The Bertz CT molecular complexity index is 701. The summed E-state index contributed by atoms with van der Waals surface area (Å²) in [6, 6.07) is 12.1. The molecule has 0 bridgehead atoms. The minimum atomic E-state index is 0.00947. The predicted octanol–water partition coefficient (Wildman–Crippen LogP) is 5.54. The van der Waals surface area contributed by atoms with Crippen molar-refractivity contribution >= 4 is 11.5 Å². The zero-order valence-electron chi connectivity index (χ0n) is 14.6. The number of allylic oxidation sites excluding steroid dienone is 1. The summed E-state index contributed by atoms with van der Waals surface area (Å²) in [4.78, 5) is 12.2. The Morgan fingerprint density at radius 1 is 1.00 bits per heavy atom. The molecule has 0 aliphatic rings.